The van der Waals surface area contributed by atoms with Crippen LogP contribution in [0.1, 0.15) is 5.69 Å². The van der Waals surface area contributed by atoms with Gasteiger partial charge in [0, 0.05) is 18.9 Å². The van der Waals surface area contributed by atoms with Gasteiger partial charge in [0.15, 0.2) is 0 Å². The summed E-state index contributed by atoms with van der Waals surface area (Å²) >= 11 is 3.44. The van der Waals surface area contributed by atoms with Gasteiger partial charge in [0.1, 0.15) is 11.4 Å². The number of nitrogens with one attached hydrogen (secondary N) is 1. The summed E-state index contributed by atoms with van der Waals surface area (Å²) in [4.78, 5) is 0. The summed E-state index contributed by atoms with van der Waals surface area (Å²) in [6.07, 6.45) is 1.88. The van der Waals surface area contributed by atoms with Crippen molar-refractivity contribution in [1.29, 1.82) is 0 Å². The van der Waals surface area contributed by atoms with Crippen LogP contribution in [0.4, 0.5) is 5.69 Å². The highest BCUT2D eigenvalue weighted by atomic mass is 79.9. The van der Waals surface area contributed by atoms with Crippen LogP contribution in [0.2, 0.25) is 0 Å². The molecule has 6 heteroatoms. The monoisotopic (exact) mass is 296 g/mol. The van der Waals surface area contributed by atoms with Crippen LogP contribution >= 0.6 is 15.9 Å². The van der Waals surface area contributed by atoms with Gasteiger partial charge in [0.2, 0.25) is 0 Å². The Kier molecular flexibility index (Phi) is 3.63. The molecule has 0 amide bonds. The van der Waals surface area contributed by atoms with Crippen LogP contribution in [0.15, 0.2) is 28.9 Å². The van der Waals surface area contributed by atoms with E-state index in [4.69, 9.17) is 4.74 Å². The highest BCUT2D eigenvalue weighted by Crippen LogP contribution is 2.27. The average Bonchev–Trinajstić information content (AvgIpc) is 2.73. The molecule has 0 aliphatic heterocycles. The Labute approximate surface area is 108 Å². The predicted molar refractivity (Wildman–Crippen MR) is 69.0 cm³/mol. The molecule has 2 rings (SSSR count). The van der Waals surface area contributed by atoms with Crippen molar-refractivity contribution in [3.63, 3.8) is 0 Å². The van der Waals surface area contributed by atoms with Crippen molar-refractivity contribution in [2.45, 2.75) is 6.54 Å². The summed E-state index contributed by atoms with van der Waals surface area (Å²) in [5.74, 6) is 0.815. The molecular formula is C11H13BrN4O. The van der Waals surface area contributed by atoms with Gasteiger partial charge in [-0.05, 0) is 34.1 Å². The number of benzene rings is 1. The van der Waals surface area contributed by atoms with Crippen molar-refractivity contribution in [3.8, 4) is 5.75 Å². The fraction of sp³-hybridized carbons (Fsp3) is 0.273. The van der Waals surface area contributed by atoms with E-state index in [1.807, 2.05) is 31.4 Å². The van der Waals surface area contributed by atoms with E-state index in [1.54, 1.807) is 11.8 Å². The summed E-state index contributed by atoms with van der Waals surface area (Å²) in [6.45, 7) is 0.645. The van der Waals surface area contributed by atoms with Gasteiger partial charge in [0.25, 0.3) is 0 Å². The molecule has 0 spiro atoms. The molecule has 0 fully saturated rings. The van der Waals surface area contributed by atoms with Crippen molar-refractivity contribution in [3.05, 3.63) is 34.6 Å². The fourth-order valence-electron chi connectivity index (χ4n) is 1.45. The molecule has 0 unspecified atom stereocenters. The number of halogens is 1. The maximum Gasteiger partial charge on any atom is 0.133 e. The summed E-state index contributed by atoms with van der Waals surface area (Å²) in [5, 5.41) is 11.1. The van der Waals surface area contributed by atoms with Crippen LogP contribution in [-0.2, 0) is 13.6 Å². The highest BCUT2D eigenvalue weighted by molar-refractivity contribution is 9.10. The van der Waals surface area contributed by atoms with Gasteiger partial charge in [-0.25, -0.2) is 0 Å². The minimum absolute atomic E-state index is 0.645. The molecule has 1 heterocycles. The maximum atomic E-state index is 5.17. The second kappa shape index (κ2) is 5.18. The first-order valence-corrected chi connectivity index (χ1v) is 5.91. The molecule has 5 nitrogen and oxygen atoms in total. The van der Waals surface area contributed by atoms with Crippen molar-refractivity contribution in [2.75, 3.05) is 12.4 Å². The number of hydrogen-bond acceptors (Lipinski definition) is 4. The van der Waals surface area contributed by atoms with Gasteiger partial charge >= 0.3 is 0 Å². The lowest BCUT2D eigenvalue weighted by molar-refractivity contribution is 0.412. The second-order valence-electron chi connectivity index (χ2n) is 3.59. The number of aryl methyl sites for hydroxylation is 1. The largest absolute Gasteiger partial charge is 0.496 e. The third kappa shape index (κ3) is 2.97. The van der Waals surface area contributed by atoms with Crippen LogP contribution in [0.25, 0.3) is 0 Å². The predicted octanol–water partition coefficient (Wildman–Crippen LogP) is 2.20. The number of hydrogen-bond donors (Lipinski definition) is 1. The molecule has 2 aromatic rings. The molecule has 90 valence electrons. The number of nitrogens with zero attached hydrogens (tertiary/aromatic N) is 3. The van der Waals surface area contributed by atoms with Crippen LogP contribution in [0.5, 0.6) is 5.75 Å². The lowest BCUT2D eigenvalue weighted by atomic mass is 10.3. The first-order valence-electron chi connectivity index (χ1n) is 5.11. The first-order chi connectivity index (χ1) is 8.19. The Morgan fingerprint density at radius 3 is 2.88 bits per heavy atom. The van der Waals surface area contributed by atoms with Gasteiger partial charge in [0.05, 0.1) is 18.1 Å². The number of ether oxygens (including phenoxy) is 1. The third-order valence-corrected chi connectivity index (χ3v) is 2.90. The van der Waals surface area contributed by atoms with Gasteiger partial charge in [-0.2, -0.15) is 0 Å². The van der Waals surface area contributed by atoms with E-state index in [1.165, 1.54) is 0 Å². The lowest BCUT2D eigenvalue weighted by Crippen LogP contribution is -2.00. The van der Waals surface area contributed by atoms with Crippen LogP contribution in [-0.4, -0.2) is 22.1 Å². The van der Waals surface area contributed by atoms with Crippen molar-refractivity contribution in [1.82, 2.24) is 15.0 Å². The zero-order valence-corrected chi connectivity index (χ0v) is 11.2. The quantitative estimate of drug-likeness (QED) is 0.940. The number of methoxy groups -OCH3 is 1. The topological polar surface area (TPSA) is 52.0 Å². The van der Waals surface area contributed by atoms with Crippen molar-refractivity contribution >= 4 is 21.6 Å². The number of aromatic nitrogens is 3. The zero-order valence-electron chi connectivity index (χ0n) is 9.64. The summed E-state index contributed by atoms with van der Waals surface area (Å²) in [7, 11) is 3.49. The number of anilines is 1. The smallest absolute Gasteiger partial charge is 0.133 e. The van der Waals surface area contributed by atoms with E-state index in [0.717, 1.165) is 21.6 Å². The van der Waals surface area contributed by atoms with Crippen molar-refractivity contribution in [2.24, 2.45) is 7.05 Å². The Bertz CT molecular complexity index is 512. The normalized spacial score (nSPS) is 10.3. The molecule has 0 aliphatic carbocycles. The summed E-state index contributed by atoms with van der Waals surface area (Å²) in [6, 6.07) is 5.83. The van der Waals surface area contributed by atoms with E-state index in [-0.39, 0.29) is 0 Å². The summed E-state index contributed by atoms with van der Waals surface area (Å²) < 4.78 is 7.77. The van der Waals surface area contributed by atoms with Crippen LogP contribution in [0, 0.1) is 0 Å². The second-order valence-corrected chi connectivity index (χ2v) is 4.44. The molecule has 1 N–H and O–H groups in total. The van der Waals surface area contributed by atoms with E-state index < -0.39 is 0 Å². The standard InChI is InChI=1S/C11H13BrN4O/c1-16-7-9(14-15-16)6-13-8-3-4-11(17-2)10(12)5-8/h3-5,7,13H,6H2,1-2H3. The Balaban J connectivity index is 2.02. The molecule has 0 aliphatic rings. The van der Waals surface area contributed by atoms with E-state index in [2.05, 4.69) is 31.6 Å². The minimum atomic E-state index is 0.645. The SMILES string of the molecule is COc1ccc(NCc2cn(C)nn2)cc1Br. The molecule has 0 radical (unpaired) electrons. The molecule has 1 aromatic carbocycles. The van der Waals surface area contributed by atoms with E-state index in [0.29, 0.717) is 6.54 Å². The highest BCUT2D eigenvalue weighted by Gasteiger charge is 2.02. The maximum absolute atomic E-state index is 5.17. The molecule has 0 atom stereocenters. The molecule has 0 saturated heterocycles. The molecule has 0 saturated carbocycles. The molecule has 0 bridgehead atoms. The zero-order chi connectivity index (χ0) is 12.3. The van der Waals surface area contributed by atoms with Crippen molar-refractivity contribution < 1.29 is 4.74 Å². The third-order valence-electron chi connectivity index (χ3n) is 2.28. The molecule has 17 heavy (non-hydrogen) atoms. The van der Waals surface area contributed by atoms with Crippen LogP contribution in [0.3, 0.4) is 0 Å². The Morgan fingerprint density at radius 1 is 1.47 bits per heavy atom. The van der Waals surface area contributed by atoms with Crippen LogP contribution < -0.4 is 10.1 Å². The minimum Gasteiger partial charge on any atom is -0.496 e. The first kappa shape index (κ1) is 11.9. The number of rotatable bonds is 4. The van der Waals surface area contributed by atoms with Gasteiger partial charge in [-0.1, -0.05) is 5.21 Å². The van der Waals surface area contributed by atoms with E-state index in [9.17, 15) is 0 Å². The Hall–Kier alpha value is -1.56. The molecule has 1 aromatic heterocycles. The fourth-order valence-corrected chi connectivity index (χ4v) is 1.99. The summed E-state index contributed by atoms with van der Waals surface area (Å²) in [5.41, 5.74) is 1.91. The van der Waals surface area contributed by atoms with Gasteiger partial charge in [-0.3, -0.25) is 4.68 Å². The van der Waals surface area contributed by atoms with Gasteiger partial charge in [-0.15, -0.1) is 5.10 Å². The molecular weight excluding hydrogens is 284 g/mol. The lowest BCUT2D eigenvalue weighted by Gasteiger charge is -2.07. The Morgan fingerprint density at radius 2 is 2.29 bits per heavy atom. The average molecular weight is 297 g/mol. The van der Waals surface area contributed by atoms with E-state index >= 15 is 0 Å². The van der Waals surface area contributed by atoms with Gasteiger partial charge < -0.3 is 10.1 Å².